The lowest BCUT2D eigenvalue weighted by atomic mass is 9.90. The number of hydrogen-bond donors (Lipinski definition) is 1. The first-order valence-electron chi connectivity index (χ1n) is 30.3. The van der Waals surface area contributed by atoms with Crippen LogP contribution < -0.4 is 5.32 Å². The van der Waals surface area contributed by atoms with Crippen molar-refractivity contribution in [1.82, 2.24) is 5.32 Å². The highest BCUT2D eigenvalue weighted by atomic mass is 16.6. The van der Waals surface area contributed by atoms with E-state index in [-0.39, 0.29) is 11.9 Å². The number of rotatable bonds is 52. The van der Waals surface area contributed by atoms with E-state index >= 15 is 0 Å². The molecular formula is C61H119NO5. The third-order valence-electron chi connectivity index (χ3n) is 14.1. The summed E-state index contributed by atoms with van der Waals surface area (Å²) in [5, 5.41) is 3.00. The van der Waals surface area contributed by atoms with Gasteiger partial charge in [0.05, 0.1) is 5.92 Å². The predicted molar refractivity (Wildman–Crippen MR) is 291 cm³/mol. The second kappa shape index (κ2) is 49.4. The maximum absolute atomic E-state index is 14.2. The molecule has 6 heteroatoms. The summed E-state index contributed by atoms with van der Waals surface area (Å²) in [4.78, 5) is 40.7. The molecule has 0 radical (unpaired) electrons. The molecule has 398 valence electrons. The fraction of sp³-hybridized carbons (Fsp3) is 0.951. The van der Waals surface area contributed by atoms with Gasteiger partial charge < -0.3 is 14.8 Å². The van der Waals surface area contributed by atoms with Crippen molar-refractivity contribution in [1.29, 1.82) is 0 Å². The van der Waals surface area contributed by atoms with Crippen molar-refractivity contribution in [2.45, 2.75) is 368 Å². The van der Waals surface area contributed by atoms with Gasteiger partial charge in [-0.1, -0.05) is 290 Å². The molecule has 1 N–H and O–H groups in total. The molecule has 6 nitrogen and oxygen atoms in total. The van der Waals surface area contributed by atoms with E-state index in [1.165, 1.54) is 244 Å². The van der Waals surface area contributed by atoms with E-state index in [4.69, 9.17) is 9.47 Å². The van der Waals surface area contributed by atoms with Gasteiger partial charge in [-0.05, 0) is 53.4 Å². The van der Waals surface area contributed by atoms with E-state index in [1.807, 2.05) is 20.8 Å². The summed E-state index contributed by atoms with van der Waals surface area (Å²) in [6, 6.07) is -0.770. The Balaban J connectivity index is 5.21. The SMILES string of the molecule is CCCCCCCCCCCCCCCCCC(=O)OC(CCCCCCCCCCCCCCCCC)C(CCCCCCCCCCCCCCCC)C(=O)N[C@@H](C)C(=O)OC(C)(C)C. The highest BCUT2D eigenvalue weighted by molar-refractivity contribution is 5.86. The van der Waals surface area contributed by atoms with Crippen molar-refractivity contribution < 1.29 is 23.9 Å². The van der Waals surface area contributed by atoms with Crippen LogP contribution in [-0.2, 0) is 23.9 Å². The van der Waals surface area contributed by atoms with E-state index in [0.717, 1.165) is 38.5 Å². The van der Waals surface area contributed by atoms with E-state index in [0.29, 0.717) is 19.3 Å². The molecular weight excluding hydrogens is 827 g/mol. The number of amides is 1. The van der Waals surface area contributed by atoms with Gasteiger partial charge in [0.25, 0.3) is 0 Å². The van der Waals surface area contributed by atoms with Crippen molar-refractivity contribution >= 4 is 17.8 Å². The molecule has 0 fully saturated rings. The standard InChI is InChI=1S/C61H119NO5/c1-8-11-14-17-20-23-26-29-32-35-38-41-44-47-50-53-57(66-58(63)54-51-48-45-42-39-36-33-30-27-24-21-18-15-12-9-2)56(59(64)62-55(4)60(65)67-61(5,6)7)52-49-46-43-40-37-34-31-28-25-22-19-16-13-10-3/h55-57H,8-54H2,1-7H3,(H,62,64)/t55-,56?,57?/m0/s1. The normalized spacial score (nSPS) is 13.1. The minimum Gasteiger partial charge on any atom is -0.462 e. The molecule has 1 amide bonds. The molecule has 0 saturated heterocycles. The second-order valence-corrected chi connectivity index (χ2v) is 22.2. The van der Waals surface area contributed by atoms with Crippen LogP contribution >= 0.6 is 0 Å². The first-order chi connectivity index (χ1) is 32.6. The van der Waals surface area contributed by atoms with Gasteiger partial charge >= 0.3 is 11.9 Å². The van der Waals surface area contributed by atoms with Crippen LogP contribution in [-0.4, -0.2) is 35.6 Å². The van der Waals surface area contributed by atoms with E-state index < -0.39 is 29.6 Å². The lowest BCUT2D eigenvalue weighted by Crippen LogP contribution is -2.47. The summed E-state index contributed by atoms with van der Waals surface area (Å²) >= 11 is 0. The smallest absolute Gasteiger partial charge is 0.328 e. The van der Waals surface area contributed by atoms with E-state index in [1.54, 1.807) is 6.92 Å². The number of carbonyl (C=O) groups excluding carboxylic acids is 3. The topological polar surface area (TPSA) is 81.7 Å². The van der Waals surface area contributed by atoms with Crippen molar-refractivity contribution in [2.24, 2.45) is 5.92 Å². The Hall–Kier alpha value is -1.59. The quantitative estimate of drug-likeness (QED) is 0.0485. The number of hydrogen-bond acceptors (Lipinski definition) is 5. The number of unbranched alkanes of at least 4 members (excludes halogenated alkanes) is 41. The Kier molecular flexibility index (Phi) is 48.2. The highest BCUT2D eigenvalue weighted by Crippen LogP contribution is 2.26. The number of ether oxygens (including phenoxy) is 2. The van der Waals surface area contributed by atoms with Crippen LogP contribution in [0.5, 0.6) is 0 Å². The summed E-state index contributed by atoms with van der Waals surface area (Å²) in [5.74, 6) is -1.25. The average molecular weight is 947 g/mol. The van der Waals surface area contributed by atoms with Gasteiger partial charge in [0.2, 0.25) is 5.91 Å². The van der Waals surface area contributed by atoms with Gasteiger partial charge in [0.1, 0.15) is 17.7 Å². The van der Waals surface area contributed by atoms with Crippen LogP contribution in [0.25, 0.3) is 0 Å². The number of nitrogens with one attached hydrogen (secondary N) is 1. The van der Waals surface area contributed by atoms with Crippen molar-refractivity contribution in [2.75, 3.05) is 0 Å². The lowest BCUT2D eigenvalue weighted by molar-refractivity contribution is -0.161. The van der Waals surface area contributed by atoms with Crippen LogP contribution in [0.2, 0.25) is 0 Å². The summed E-state index contributed by atoms with van der Waals surface area (Å²) in [6.07, 6.45) is 58.1. The first-order valence-corrected chi connectivity index (χ1v) is 30.3. The molecule has 0 rings (SSSR count). The van der Waals surface area contributed by atoms with Gasteiger partial charge in [-0.2, -0.15) is 0 Å². The minimum absolute atomic E-state index is 0.167. The molecule has 0 heterocycles. The molecule has 0 aromatic heterocycles. The zero-order valence-corrected chi connectivity index (χ0v) is 46.5. The van der Waals surface area contributed by atoms with E-state index in [9.17, 15) is 14.4 Å². The van der Waals surface area contributed by atoms with Crippen LogP contribution in [0.4, 0.5) is 0 Å². The maximum Gasteiger partial charge on any atom is 0.328 e. The van der Waals surface area contributed by atoms with Crippen molar-refractivity contribution in [3.63, 3.8) is 0 Å². The molecule has 0 aliphatic carbocycles. The predicted octanol–water partition coefficient (Wildman–Crippen LogP) is 19.8. The van der Waals surface area contributed by atoms with Gasteiger partial charge in [0, 0.05) is 6.42 Å². The van der Waals surface area contributed by atoms with Gasteiger partial charge in [-0.25, -0.2) is 4.79 Å². The van der Waals surface area contributed by atoms with Crippen LogP contribution in [0, 0.1) is 5.92 Å². The summed E-state index contributed by atoms with van der Waals surface area (Å²) in [7, 11) is 0. The molecule has 0 spiro atoms. The minimum atomic E-state index is -0.770. The Morgan fingerprint density at radius 2 is 0.657 bits per heavy atom. The maximum atomic E-state index is 14.2. The largest absolute Gasteiger partial charge is 0.462 e. The summed E-state index contributed by atoms with van der Waals surface area (Å²) in [6.45, 7) is 14.1. The molecule has 0 aromatic rings. The lowest BCUT2D eigenvalue weighted by Gasteiger charge is -2.28. The third kappa shape index (κ3) is 46.6. The van der Waals surface area contributed by atoms with Crippen LogP contribution in [0.15, 0.2) is 0 Å². The fourth-order valence-electron chi connectivity index (χ4n) is 9.74. The molecule has 0 saturated carbocycles. The van der Waals surface area contributed by atoms with Gasteiger partial charge in [0.15, 0.2) is 0 Å². The first kappa shape index (κ1) is 65.4. The fourth-order valence-corrected chi connectivity index (χ4v) is 9.74. The van der Waals surface area contributed by atoms with Gasteiger partial charge in [-0.15, -0.1) is 0 Å². The zero-order valence-electron chi connectivity index (χ0n) is 46.5. The Labute approximate surface area is 419 Å². The zero-order chi connectivity index (χ0) is 49.3. The van der Waals surface area contributed by atoms with Crippen molar-refractivity contribution in [3.8, 4) is 0 Å². The van der Waals surface area contributed by atoms with Crippen molar-refractivity contribution in [3.05, 3.63) is 0 Å². The second-order valence-electron chi connectivity index (χ2n) is 22.2. The number of esters is 2. The average Bonchev–Trinajstić information content (AvgIpc) is 3.29. The Morgan fingerprint density at radius 1 is 0.388 bits per heavy atom. The molecule has 67 heavy (non-hydrogen) atoms. The molecule has 2 unspecified atom stereocenters. The molecule has 0 aliphatic rings. The monoisotopic (exact) mass is 946 g/mol. The Bertz CT molecular complexity index is 1070. The Morgan fingerprint density at radius 3 is 0.955 bits per heavy atom. The molecule has 0 aromatic carbocycles. The van der Waals surface area contributed by atoms with Crippen LogP contribution in [0.3, 0.4) is 0 Å². The van der Waals surface area contributed by atoms with E-state index in [2.05, 4.69) is 26.1 Å². The molecule has 0 bridgehead atoms. The third-order valence-corrected chi connectivity index (χ3v) is 14.1. The van der Waals surface area contributed by atoms with Crippen LogP contribution in [0.1, 0.15) is 350 Å². The summed E-state index contributed by atoms with van der Waals surface area (Å²) in [5.41, 5.74) is -0.637. The van der Waals surface area contributed by atoms with Gasteiger partial charge in [-0.3, -0.25) is 9.59 Å². The summed E-state index contributed by atoms with van der Waals surface area (Å²) < 4.78 is 12.0. The number of carbonyl (C=O) groups is 3. The molecule has 3 atom stereocenters. The molecule has 0 aliphatic heterocycles. The highest BCUT2D eigenvalue weighted by Gasteiger charge is 2.33.